The Morgan fingerprint density at radius 2 is 0.780 bits per heavy atom. The summed E-state index contributed by atoms with van der Waals surface area (Å²) in [5.41, 5.74) is -0.0486. The van der Waals surface area contributed by atoms with Gasteiger partial charge < -0.3 is 18.6 Å². The summed E-state index contributed by atoms with van der Waals surface area (Å²) in [5.74, 6) is 0. The molecule has 0 N–H and O–H groups in total. The first-order valence-corrected chi connectivity index (χ1v) is 18.4. The van der Waals surface area contributed by atoms with Gasteiger partial charge in [-0.2, -0.15) is 0 Å². The van der Waals surface area contributed by atoms with E-state index in [1.54, 1.807) is 0 Å². The molecule has 1 saturated carbocycles. The van der Waals surface area contributed by atoms with E-state index in [0.29, 0.717) is 38.8 Å². The van der Waals surface area contributed by atoms with Gasteiger partial charge in [0.15, 0.2) is 0 Å². The van der Waals surface area contributed by atoms with Gasteiger partial charge in [-0.25, -0.2) is 0 Å². The minimum Gasteiger partial charge on any atom is -0.380 e. The highest BCUT2D eigenvalue weighted by Gasteiger charge is 2.36. The Bertz CT molecular complexity index is 1240. The maximum absolute atomic E-state index is 14.3. The lowest BCUT2D eigenvalue weighted by atomic mass is 9.88. The van der Waals surface area contributed by atoms with Crippen LogP contribution < -0.4 is 21.2 Å². The van der Waals surface area contributed by atoms with Crippen LogP contribution in [0.1, 0.15) is 25.7 Å². The summed E-state index contributed by atoms with van der Waals surface area (Å²) < 4.78 is 41.2. The maximum Gasteiger partial charge on any atom is 0.145 e. The van der Waals surface area contributed by atoms with E-state index in [2.05, 4.69) is 0 Å². The standard InChI is InChI=1S/C35H40O4P2/c36-40(31-15-5-1-6-16-31,32-17-7-2-8-18-32)27-25-38-29-35(23-13-14-24-35)30-39-26-28-41(37,33-19-9-3-10-20-33)34-21-11-4-12-22-34/h1-12,15-22H,13-14,23-30H2. The summed E-state index contributed by atoms with van der Waals surface area (Å²) in [4.78, 5) is 0. The van der Waals surface area contributed by atoms with Gasteiger partial charge in [0.2, 0.25) is 0 Å². The third-order valence-electron chi connectivity index (χ3n) is 8.27. The molecule has 0 heterocycles. The van der Waals surface area contributed by atoms with Crippen LogP contribution in [0.5, 0.6) is 0 Å². The fourth-order valence-electron chi connectivity index (χ4n) is 5.91. The molecule has 0 unspecified atom stereocenters. The first kappa shape index (κ1) is 29.7. The van der Waals surface area contributed by atoms with Gasteiger partial charge in [0.1, 0.15) is 14.3 Å². The van der Waals surface area contributed by atoms with Gasteiger partial charge in [-0.15, -0.1) is 0 Å². The molecule has 5 rings (SSSR count). The van der Waals surface area contributed by atoms with Gasteiger partial charge in [-0.05, 0) is 12.8 Å². The summed E-state index contributed by atoms with van der Waals surface area (Å²) in [6, 6.07) is 39.1. The lowest BCUT2D eigenvalue weighted by Crippen LogP contribution is -2.31. The Labute approximate surface area is 244 Å². The van der Waals surface area contributed by atoms with Crippen molar-refractivity contribution < 1.29 is 18.6 Å². The second kappa shape index (κ2) is 14.0. The van der Waals surface area contributed by atoms with Crippen LogP contribution in [-0.2, 0) is 18.6 Å². The first-order valence-electron chi connectivity index (χ1n) is 14.6. The normalized spacial score (nSPS) is 15.1. The molecule has 6 heteroatoms. The molecule has 0 atom stereocenters. The van der Waals surface area contributed by atoms with Crippen molar-refractivity contribution in [3.8, 4) is 0 Å². The van der Waals surface area contributed by atoms with Gasteiger partial charge in [-0.1, -0.05) is 134 Å². The molecular formula is C35H40O4P2. The van der Waals surface area contributed by atoms with Crippen LogP contribution in [0, 0.1) is 5.41 Å². The highest BCUT2D eigenvalue weighted by molar-refractivity contribution is 7.79. The molecule has 41 heavy (non-hydrogen) atoms. The summed E-state index contributed by atoms with van der Waals surface area (Å²) in [6.07, 6.45) is 5.36. The predicted octanol–water partition coefficient (Wildman–Crippen LogP) is 6.61. The fourth-order valence-corrected chi connectivity index (χ4v) is 10.9. The van der Waals surface area contributed by atoms with E-state index in [1.165, 1.54) is 0 Å². The van der Waals surface area contributed by atoms with Crippen molar-refractivity contribution in [3.63, 3.8) is 0 Å². The number of hydrogen-bond donors (Lipinski definition) is 0. The number of benzene rings is 4. The summed E-state index contributed by atoms with van der Waals surface area (Å²) >= 11 is 0. The molecule has 4 nitrogen and oxygen atoms in total. The SMILES string of the molecule is O=P(CCOCC1(COCCP(=O)(c2ccccc2)c2ccccc2)CCCC1)(c1ccccc1)c1ccccc1. The second-order valence-electron chi connectivity index (χ2n) is 11.1. The zero-order valence-corrected chi connectivity index (χ0v) is 25.4. The van der Waals surface area contributed by atoms with E-state index >= 15 is 0 Å². The second-order valence-corrected chi connectivity index (χ2v) is 17.0. The van der Waals surface area contributed by atoms with Crippen molar-refractivity contribution in [1.82, 2.24) is 0 Å². The van der Waals surface area contributed by atoms with Crippen LogP contribution in [0.15, 0.2) is 121 Å². The Morgan fingerprint density at radius 1 is 0.488 bits per heavy atom. The molecular weight excluding hydrogens is 546 g/mol. The molecule has 0 aromatic heterocycles. The number of rotatable bonds is 14. The summed E-state index contributed by atoms with van der Waals surface area (Å²) in [7, 11) is -5.60. The minimum atomic E-state index is -2.80. The van der Waals surface area contributed by atoms with E-state index in [9.17, 15) is 9.13 Å². The maximum atomic E-state index is 14.3. The van der Waals surface area contributed by atoms with Crippen molar-refractivity contribution in [2.45, 2.75) is 25.7 Å². The molecule has 0 amide bonds. The lowest BCUT2D eigenvalue weighted by Gasteiger charge is -2.29. The molecule has 0 bridgehead atoms. The van der Waals surface area contributed by atoms with Crippen LogP contribution >= 0.6 is 14.3 Å². The van der Waals surface area contributed by atoms with Crippen molar-refractivity contribution in [3.05, 3.63) is 121 Å². The zero-order chi connectivity index (χ0) is 28.4. The molecule has 1 aliphatic rings. The third kappa shape index (κ3) is 7.19. The first-order chi connectivity index (χ1) is 20.0. The topological polar surface area (TPSA) is 52.6 Å². The van der Waals surface area contributed by atoms with Crippen molar-refractivity contribution in [2.75, 3.05) is 38.8 Å². The molecule has 0 saturated heterocycles. The average Bonchev–Trinajstić information content (AvgIpc) is 3.52. The molecule has 0 aliphatic heterocycles. The Hall–Kier alpha value is -2.74. The number of hydrogen-bond acceptors (Lipinski definition) is 4. The van der Waals surface area contributed by atoms with Crippen LogP contribution in [0.4, 0.5) is 0 Å². The van der Waals surface area contributed by atoms with Crippen LogP contribution in [0.25, 0.3) is 0 Å². The summed E-state index contributed by atoms with van der Waals surface area (Å²) in [6.45, 7) is 2.04. The van der Waals surface area contributed by atoms with E-state index in [1.807, 2.05) is 121 Å². The monoisotopic (exact) mass is 586 g/mol. The molecule has 4 aromatic rings. The average molecular weight is 587 g/mol. The van der Waals surface area contributed by atoms with Gasteiger partial charge in [0.25, 0.3) is 0 Å². The van der Waals surface area contributed by atoms with Gasteiger partial charge >= 0.3 is 0 Å². The number of ether oxygens (including phenoxy) is 2. The van der Waals surface area contributed by atoms with E-state index in [4.69, 9.17) is 9.47 Å². The molecule has 4 aromatic carbocycles. The Morgan fingerprint density at radius 3 is 1.07 bits per heavy atom. The molecule has 1 fully saturated rings. The van der Waals surface area contributed by atoms with Crippen molar-refractivity contribution in [1.29, 1.82) is 0 Å². The minimum absolute atomic E-state index is 0.0486. The van der Waals surface area contributed by atoms with E-state index in [0.717, 1.165) is 46.9 Å². The lowest BCUT2D eigenvalue weighted by molar-refractivity contribution is -0.0120. The fraction of sp³-hybridized carbons (Fsp3) is 0.314. The highest BCUT2D eigenvalue weighted by Crippen LogP contribution is 2.45. The highest BCUT2D eigenvalue weighted by atomic mass is 31.2. The zero-order valence-electron chi connectivity index (χ0n) is 23.6. The van der Waals surface area contributed by atoms with Gasteiger partial charge in [0.05, 0.1) is 26.4 Å². The van der Waals surface area contributed by atoms with Gasteiger partial charge in [0, 0.05) is 39.0 Å². The molecule has 0 radical (unpaired) electrons. The third-order valence-corrected chi connectivity index (χ3v) is 14.4. The predicted molar refractivity (Wildman–Crippen MR) is 172 cm³/mol. The Kier molecular flexibility index (Phi) is 10.1. The smallest absolute Gasteiger partial charge is 0.145 e. The quantitative estimate of drug-likeness (QED) is 0.123. The van der Waals surface area contributed by atoms with E-state index in [-0.39, 0.29) is 5.41 Å². The Balaban J connectivity index is 1.19. The van der Waals surface area contributed by atoms with Crippen molar-refractivity contribution in [2.24, 2.45) is 5.41 Å². The van der Waals surface area contributed by atoms with Crippen LogP contribution in [-0.4, -0.2) is 38.8 Å². The van der Waals surface area contributed by atoms with Crippen LogP contribution in [0.3, 0.4) is 0 Å². The molecule has 1 aliphatic carbocycles. The largest absolute Gasteiger partial charge is 0.380 e. The molecule has 214 valence electrons. The van der Waals surface area contributed by atoms with E-state index < -0.39 is 14.3 Å². The summed E-state index contributed by atoms with van der Waals surface area (Å²) in [5, 5.41) is 3.48. The molecule has 0 spiro atoms. The van der Waals surface area contributed by atoms with Gasteiger partial charge in [-0.3, -0.25) is 0 Å². The van der Waals surface area contributed by atoms with Crippen LogP contribution in [0.2, 0.25) is 0 Å². The van der Waals surface area contributed by atoms with Crippen molar-refractivity contribution >= 4 is 35.5 Å².